The number of anilines is 1. The molecular formula is C16H20N2O2. The van der Waals surface area contributed by atoms with Gasteiger partial charge in [0, 0.05) is 29.4 Å². The van der Waals surface area contributed by atoms with Crippen molar-refractivity contribution < 1.29 is 9.47 Å². The molecule has 106 valence electrons. The summed E-state index contributed by atoms with van der Waals surface area (Å²) in [7, 11) is 0. The first-order valence-corrected chi connectivity index (χ1v) is 7.21. The highest BCUT2D eigenvalue weighted by atomic mass is 16.6. The predicted octanol–water partition coefficient (Wildman–Crippen LogP) is 3.31. The van der Waals surface area contributed by atoms with Crippen molar-refractivity contribution >= 4 is 16.6 Å². The highest BCUT2D eigenvalue weighted by molar-refractivity contribution is 5.95. The molecule has 4 nitrogen and oxygen atoms in total. The number of rotatable bonds is 3. The third-order valence-electron chi connectivity index (χ3n) is 3.66. The van der Waals surface area contributed by atoms with E-state index in [4.69, 9.17) is 14.5 Å². The van der Waals surface area contributed by atoms with E-state index in [0.717, 1.165) is 41.1 Å². The van der Waals surface area contributed by atoms with E-state index in [0.29, 0.717) is 13.2 Å². The zero-order chi connectivity index (χ0) is 14.1. The van der Waals surface area contributed by atoms with Crippen molar-refractivity contribution in [3.63, 3.8) is 0 Å². The van der Waals surface area contributed by atoms with Gasteiger partial charge >= 0.3 is 0 Å². The van der Waals surface area contributed by atoms with Gasteiger partial charge in [-0.05, 0) is 31.9 Å². The molecule has 1 N–H and O–H groups in total. The number of aromatic nitrogens is 1. The molecule has 0 radical (unpaired) electrons. The summed E-state index contributed by atoms with van der Waals surface area (Å²) in [6.45, 7) is 8.43. The van der Waals surface area contributed by atoms with Gasteiger partial charge < -0.3 is 14.8 Å². The molecule has 1 aromatic heterocycles. The van der Waals surface area contributed by atoms with E-state index in [2.05, 4.69) is 26.1 Å². The van der Waals surface area contributed by atoms with Crippen LogP contribution in [-0.4, -0.2) is 24.7 Å². The lowest BCUT2D eigenvalue weighted by Gasteiger charge is -2.21. The molecule has 0 atom stereocenters. The predicted molar refractivity (Wildman–Crippen MR) is 81.0 cm³/mol. The number of aryl methyl sites for hydroxylation is 1. The van der Waals surface area contributed by atoms with Crippen LogP contribution in [0.15, 0.2) is 12.1 Å². The Morgan fingerprint density at radius 2 is 1.85 bits per heavy atom. The minimum Gasteiger partial charge on any atom is -0.486 e. The summed E-state index contributed by atoms with van der Waals surface area (Å²) < 4.78 is 11.3. The van der Waals surface area contributed by atoms with Gasteiger partial charge in [0.2, 0.25) is 0 Å². The van der Waals surface area contributed by atoms with Gasteiger partial charge in [0.1, 0.15) is 13.2 Å². The van der Waals surface area contributed by atoms with Crippen LogP contribution in [-0.2, 0) is 6.42 Å². The fourth-order valence-electron chi connectivity index (χ4n) is 2.77. The monoisotopic (exact) mass is 272 g/mol. The standard InChI is InChI=1S/C16H20N2O2/c1-4-11-10(3)18-13-9-15-14(19-6-7-20-15)8-12(13)16(11)17-5-2/h8-9H,4-7H2,1-3H3,(H,17,18). The Bertz CT molecular complexity index is 653. The van der Waals surface area contributed by atoms with Crippen molar-refractivity contribution in [2.45, 2.75) is 27.2 Å². The van der Waals surface area contributed by atoms with Crippen molar-refractivity contribution in [1.82, 2.24) is 4.98 Å². The lowest BCUT2D eigenvalue weighted by atomic mass is 10.0. The van der Waals surface area contributed by atoms with Crippen molar-refractivity contribution in [2.24, 2.45) is 0 Å². The molecule has 0 saturated heterocycles. The quantitative estimate of drug-likeness (QED) is 0.931. The van der Waals surface area contributed by atoms with Crippen molar-refractivity contribution in [2.75, 3.05) is 25.1 Å². The third kappa shape index (κ3) is 2.05. The van der Waals surface area contributed by atoms with E-state index in [1.54, 1.807) is 0 Å². The molecule has 0 spiro atoms. The number of fused-ring (bicyclic) bond motifs is 2. The fourth-order valence-corrected chi connectivity index (χ4v) is 2.77. The van der Waals surface area contributed by atoms with Gasteiger partial charge in [-0.15, -0.1) is 0 Å². The molecule has 1 aliphatic rings. The van der Waals surface area contributed by atoms with Gasteiger partial charge in [-0.25, -0.2) is 0 Å². The molecule has 2 heterocycles. The second-order valence-electron chi connectivity index (χ2n) is 4.95. The summed E-state index contributed by atoms with van der Waals surface area (Å²) in [5.74, 6) is 1.61. The Balaban J connectivity index is 2.28. The number of pyridine rings is 1. The Kier molecular flexibility index (Phi) is 3.38. The summed E-state index contributed by atoms with van der Waals surface area (Å²) >= 11 is 0. The van der Waals surface area contributed by atoms with Crippen LogP contribution < -0.4 is 14.8 Å². The third-order valence-corrected chi connectivity index (χ3v) is 3.66. The molecule has 0 aliphatic carbocycles. The molecule has 0 amide bonds. The van der Waals surface area contributed by atoms with Gasteiger partial charge in [-0.2, -0.15) is 0 Å². The van der Waals surface area contributed by atoms with E-state index in [-0.39, 0.29) is 0 Å². The minimum absolute atomic E-state index is 0.602. The summed E-state index contributed by atoms with van der Waals surface area (Å²) in [6, 6.07) is 4.03. The molecule has 1 aliphatic heterocycles. The fraction of sp³-hybridized carbons (Fsp3) is 0.438. The minimum atomic E-state index is 0.602. The molecule has 0 fully saturated rings. The second kappa shape index (κ2) is 5.19. The lowest BCUT2D eigenvalue weighted by molar-refractivity contribution is 0.172. The molecule has 4 heteroatoms. The van der Waals surface area contributed by atoms with Crippen molar-refractivity contribution in [1.29, 1.82) is 0 Å². The van der Waals surface area contributed by atoms with Crippen LogP contribution in [0.1, 0.15) is 25.1 Å². The number of ether oxygens (including phenoxy) is 2. The van der Waals surface area contributed by atoms with E-state index in [9.17, 15) is 0 Å². The van der Waals surface area contributed by atoms with Gasteiger partial charge in [-0.3, -0.25) is 4.98 Å². The Morgan fingerprint density at radius 3 is 2.50 bits per heavy atom. The highest BCUT2D eigenvalue weighted by Gasteiger charge is 2.17. The average Bonchev–Trinajstić information content (AvgIpc) is 2.46. The molecular weight excluding hydrogens is 252 g/mol. The summed E-state index contributed by atoms with van der Waals surface area (Å²) in [6.07, 6.45) is 0.964. The van der Waals surface area contributed by atoms with Gasteiger partial charge in [0.15, 0.2) is 11.5 Å². The van der Waals surface area contributed by atoms with Crippen LogP contribution >= 0.6 is 0 Å². The van der Waals surface area contributed by atoms with Crippen molar-refractivity contribution in [3.05, 3.63) is 23.4 Å². The number of nitrogens with one attached hydrogen (secondary N) is 1. The van der Waals surface area contributed by atoms with Crippen LogP contribution in [0.25, 0.3) is 10.9 Å². The Morgan fingerprint density at radius 1 is 1.15 bits per heavy atom. The van der Waals surface area contributed by atoms with Gasteiger partial charge in [0.25, 0.3) is 0 Å². The maximum absolute atomic E-state index is 5.69. The number of nitrogens with zero attached hydrogens (tertiary/aromatic N) is 1. The molecule has 0 unspecified atom stereocenters. The van der Waals surface area contributed by atoms with Gasteiger partial charge in [-0.1, -0.05) is 6.92 Å². The lowest BCUT2D eigenvalue weighted by Crippen LogP contribution is -2.15. The Labute approximate surface area is 119 Å². The molecule has 3 rings (SSSR count). The SMILES string of the molecule is CCNc1c(CC)c(C)nc2cc3c(cc12)OCCO3. The van der Waals surface area contributed by atoms with Crippen LogP contribution in [0.4, 0.5) is 5.69 Å². The summed E-state index contributed by atoms with van der Waals surface area (Å²) in [5, 5.41) is 4.59. The van der Waals surface area contributed by atoms with Crippen LogP contribution in [0.2, 0.25) is 0 Å². The van der Waals surface area contributed by atoms with E-state index in [1.165, 1.54) is 11.3 Å². The topological polar surface area (TPSA) is 43.4 Å². The van der Waals surface area contributed by atoms with Crippen molar-refractivity contribution in [3.8, 4) is 11.5 Å². The van der Waals surface area contributed by atoms with Gasteiger partial charge in [0.05, 0.1) is 5.52 Å². The first-order valence-electron chi connectivity index (χ1n) is 7.21. The summed E-state index contributed by atoms with van der Waals surface area (Å²) in [4.78, 5) is 4.72. The molecule has 0 saturated carbocycles. The first-order chi connectivity index (χ1) is 9.74. The smallest absolute Gasteiger partial charge is 0.163 e. The highest BCUT2D eigenvalue weighted by Crippen LogP contribution is 2.38. The molecule has 1 aromatic carbocycles. The maximum atomic E-state index is 5.69. The number of hydrogen-bond donors (Lipinski definition) is 1. The molecule has 20 heavy (non-hydrogen) atoms. The zero-order valence-electron chi connectivity index (χ0n) is 12.2. The van der Waals surface area contributed by atoms with E-state index in [1.807, 2.05) is 12.1 Å². The Hall–Kier alpha value is -1.97. The van der Waals surface area contributed by atoms with Crippen LogP contribution in [0.5, 0.6) is 11.5 Å². The zero-order valence-corrected chi connectivity index (χ0v) is 12.2. The number of benzene rings is 1. The second-order valence-corrected chi connectivity index (χ2v) is 4.95. The summed E-state index contributed by atoms with van der Waals surface area (Å²) in [5.41, 5.74) is 4.48. The maximum Gasteiger partial charge on any atom is 0.163 e. The number of hydrogen-bond acceptors (Lipinski definition) is 4. The normalized spacial score (nSPS) is 13.6. The average molecular weight is 272 g/mol. The van der Waals surface area contributed by atoms with Crippen LogP contribution in [0.3, 0.4) is 0 Å². The van der Waals surface area contributed by atoms with Crippen LogP contribution in [0, 0.1) is 6.92 Å². The van der Waals surface area contributed by atoms with E-state index >= 15 is 0 Å². The van der Waals surface area contributed by atoms with E-state index < -0.39 is 0 Å². The molecule has 2 aromatic rings. The largest absolute Gasteiger partial charge is 0.486 e. The molecule has 0 bridgehead atoms. The first kappa shape index (κ1) is 13.0.